The van der Waals surface area contributed by atoms with Crippen LogP contribution in [0.15, 0.2) is 17.6 Å². The summed E-state index contributed by atoms with van der Waals surface area (Å²) in [4.78, 5) is 0. The average molecular weight is 168 g/mol. The Morgan fingerprint density at radius 3 is 2.67 bits per heavy atom. The van der Waals surface area contributed by atoms with Crippen LogP contribution >= 0.6 is 0 Å². The van der Waals surface area contributed by atoms with E-state index in [1.807, 2.05) is 13.0 Å². The Hall–Kier alpha value is -0.550. The third-order valence-electron chi connectivity index (χ3n) is 2.44. The molecule has 1 fully saturated rings. The van der Waals surface area contributed by atoms with Crippen molar-refractivity contribution in [1.82, 2.24) is 0 Å². The molecule has 0 aromatic carbocycles. The van der Waals surface area contributed by atoms with Gasteiger partial charge in [-0.05, 0) is 24.8 Å². The summed E-state index contributed by atoms with van der Waals surface area (Å²) >= 11 is 0. The molecule has 0 amide bonds. The van der Waals surface area contributed by atoms with E-state index in [0.717, 1.165) is 0 Å². The lowest BCUT2D eigenvalue weighted by atomic mass is 9.89. The van der Waals surface area contributed by atoms with Crippen molar-refractivity contribution in [3.05, 3.63) is 17.6 Å². The summed E-state index contributed by atoms with van der Waals surface area (Å²) in [6.07, 6.45) is 8.81. The maximum absolute atomic E-state index is 12.7. The average Bonchev–Trinajstić information content (AvgIpc) is 2.16. The van der Waals surface area contributed by atoms with Crippen molar-refractivity contribution in [2.75, 3.05) is 0 Å². The molecule has 0 radical (unpaired) electrons. The van der Waals surface area contributed by atoms with Crippen LogP contribution in [0.5, 0.6) is 0 Å². The van der Waals surface area contributed by atoms with Crippen molar-refractivity contribution in [3.63, 3.8) is 0 Å². The summed E-state index contributed by atoms with van der Waals surface area (Å²) in [5.41, 5.74) is 2.73. The van der Waals surface area contributed by atoms with Crippen molar-refractivity contribution in [2.24, 2.45) is 5.92 Å². The summed E-state index contributed by atoms with van der Waals surface area (Å²) in [5.74, 6) is 0.483. The van der Waals surface area contributed by atoms with Crippen LogP contribution in [0.1, 0.15) is 45.4 Å². The number of halogens is 1. The maximum Gasteiger partial charge on any atom is 0.141 e. The molecule has 0 aromatic rings. The van der Waals surface area contributed by atoms with Crippen LogP contribution in [-0.4, -0.2) is 0 Å². The van der Waals surface area contributed by atoms with E-state index in [0.29, 0.717) is 12.3 Å². The van der Waals surface area contributed by atoms with E-state index < -0.39 is 0 Å². The van der Waals surface area contributed by atoms with E-state index >= 15 is 0 Å². The van der Waals surface area contributed by atoms with Crippen LogP contribution in [0, 0.1) is 5.92 Å². The normalized spacial score (nSPS) is 18.5. The zero-order valence-electron chi connectivity index (χ0n) is 7.78. The van der Waals surface area contributed by atoms with Gasteiger partial charge in [0.15, 0.2) is 0 Å². The molecule has 1 heteroatoms. The van der Waals surface area contributed by atoms with E-state index in [1.165, 1.54) is 32.1 Å². The quantitative estimate of drug-likeness (QED) is 0.547. The number of hydrogen-bond acceptors (Lipinski definition) is 0. The topological polar surface area (TPSA) is 0 Å². The van der Waals surface area contributed by atoms with Crippen molar-refractivity contribution < 1.29 is 4.39 Å². The summed E-state index contributed by atoms with van der Waals surface area (Å²) < 4.78 is 12.7. The lowest BCUT2D eigenvalue weighted by Gasteiger charge is -2.16. The van der Waals surface area contributed by atoms with Gasteiger partial charge in [0.25, 0.3) is 0 Å². The van der Waals surface area contributed by atoms with Crippen molar-refractivity contribution >= 4 is 0 Å². The molecule has 0 aliphatic heterocycles. The van der Waals surface area contributed by atoms with Gasteiger partial charge in [-0.25, -0.2) is 4.39 Å². The third-order valence-corrected chi connectivity index (χ3v) is 2.44. The molecule has 0 N–H and O–H groups in total. The molecule has 1 aliphatic carbocycles. The second-order valence-corrected chi connectivity index (χ2v) is 3.47. The first-order valence-corrected chi connectivity index (χ1v) is 4.94. The third kappa shape index (κ3) is 3.23. The van der Waals surface area contributed by atoms with Gasteiger partial charge in [-0.2, -0.15) is 0 Å². The number of allylic oxidation sites excluding steroid dienone is 1. The molecular formula is C11H17F. The van der Waals surface area contributed by atoms with Gasteiger partial charge in [-0.1, -0.05) is 31.9 Å². The van der Waals surface area contributed by atoms with Crippen molar-refractivity contribution in [3.8, 4) is 0 Å². The second kappa shape index (κ2) is 5.16. The van der Waals surface area contributed by atoms with Crippen LogP contribution in [0.2, 0.25) is 0 Å². The molecule has 68 valence electrons. The van der Waals surface area contributed by atoms with Gasteiger partial charge < -0.3 is 0 Å². The Kier molecular flexibility index (Phi) is 4.10. The van der Waals surface area contributed by atoms with Gasteiger partial charge in [0.1, 0.15) is 5.83 Å². The highest BCUT2D eigenvalue weighted by atomic mass is 19.1. The zero-order chi connectivity index (χ0) is 8.81. The molecule has 1 saturated carbocycles. The van der Waals surface area contributed by atoms with Crippen LogP contribution in [0.25, 0.3) is 0 Å². The number of rotatable bonds is 2. The maximum atomic E-state index is 12.7. The Balaban J connectivity index is 2.42. The minimum Gasteiger partial charge on any atom is -0.203 e. The standard InChI is InChI=1S/C11H17F/c1-2-11(12)9-8-10-6-4-3-5-7-10/h8,10H,2-7H2,1H3. The predicted molar refractivity (Wildman–Crippen MR) is 49.6 cm³/mol. The van der Waals surface area contributed by atoms with Gasteiger partial charge >= 0.3 is 0 Å². The first-order valence-electron chi connectivity index (χ1n) is 4.94. The van der Waals surface area contributed by atoms with Crippen molar-refractivity contribution in [2.45, 2.75) is 45.4 Å². The fourth-order valence-electron chi connectivity index (χ4n) is 1.61. The van der Waals surface area contributed by atoms with Crippen LogP contribution < -0.4 is 0 Å². The van der Waals surface area contributed by atoms with E-state index in [2.05, 4.69) is 5.73 Å². The highest BCUT2D eigenvalue weighted by Crippen LogP contribution is 2.24. The largest absolute Gasteiger partial charge is 0.203 e. The molecule has 1 aliphatic rings. The van der Waals surface area contributed by atoms with E-state index in [4.69, 9.17) is 0 Å². The van der Waals surface area contributed by atoms with Gasteiger partial charge in [0.05, 0.1) is 0 Å². The van der Waals surface area contributed by atoms with Gasteiger partial charge in [0.2, 0.25) is 0 Å². The smallest absolute Gasteiger partial charge is 0.141 e. The first-order chi connectivity index (χ1) is 5.83. The fraction of sp³-hybridized carbons (Fsp3) is 0.727. The van der Waals surface area contributed by atoms with Crippen LogP contribution in [-0.2, 0) is 0 Å². The zero-order valence-corrected chi connectivity index (χ0v) is 7.78. The Morgan fingerprint density at radius 1 is 1.42 bits per heavy atom. The molecule has 0 bridgehead atoms. The molecule has 0 nitrogen and oxygen atoms in total. The lowest BCUT2D eigenvalue weighted by molar-refractivity contribution is 0.419. The monoisotopic (exact) mass is 168 g/mol. The molecule has 12 heavy (non-hydrogen) atoms. The molecule has 0 atom stereocenters. The van der Waals surface area contributed by atoms with E-state index in [-0.39, 0.29) is 5.83 Å². The molecule has 0 saturated heterocycles. The SMILES string of the molecule is CCC(F)=C=CC1CCCCC1. The fourth-order valence-corrected chi connectivity index (χ4v) is 1.61. The van der Waals surface area contributed by atoms with Crippen molar-refractivity contribution in [1.29, 1.82) is 0 Å². The summed E-state index contributed by atoms with van der Waals surface area (Å²) in [6.45, 7) is 1.82. The summed E-state index contributed by atoms with van der Waals surface area (Å²) in [7, 11) is 0. The first kappa shape index (κ1) is 9.54. The van der Waals surface area contributed by atoms with Crippen LogP contribution in [0.3, 0.4) is 0 Å². The molecule has 0 aromatic heterocycles. The molecular weight excluding hydrogens is 151 g/mol. The second-order valence-electron chi connectivity index (χ2n) is 3.47. The lowest BCUT2D eigenvalue weighted by Crippen LogP contribution is -2.01. The Bertz CT molecular complexity index is 181. The minimum absolute atomic E-state index is 0.111. The highest BCUT2D eigenvalue weighted by Gasteiger charge is 2.09. The highest BCUT2D eigenvalue weighted by molar-refractivity contribution is 4.95. The summed E-state index contributed by atoms with van der Waals surface area (Å²) in [6, 6.07) is 0. The molecule has 1 rings (SSSR count). The molecule has 0 heterocycles. The molecule has 0 unspecified atom stereocenters. The van der Waals surface area contributed by atoms with Crippen LogP contribution in [0.4, 0.5) is 4.39 Å². The molecule has 0 spiro atoms. The predicted octanol–water partition coefficient (Wildman–Crippen LogP) is 3.99. The number of hydrogen-bond donors (Lipinski definition) is 0. The summed E-state index contributed by atoms with van der Waals surface area (Å²) in [5, 5.41) is 0. The Morgan fingerprint density at radius 2 is 2.08 bits per heavy atom. The van der Waals surface area contributed by atoms with E-state index in [9.17, 15) is 4.39 Å². The van der Waals surface area contributed by atoms with Gasteiger partial charge in [-0.3, -0.25) is 0 Å². The minimum atomic E-state index is -0.111. The van der Waals surface area contributed by atoms with Gasteiger partial charge in [-0.15, -0.1) is 0 Å². The van der Waals surface area contributed by atoms with Gasteiger partial charge in [0, 0.05) is 6.42 Å². The van der Waals surface area contributed by atoms with E-state index in [1.54, 1.807) is 0 Å². The Labute approximate surface area is 74.2 Å².